The lowest BCUT2D eigenvalue weighted by atomic mass is 9.96. The minimum atomic E-state index is -0.0340. The lowest BCUT2D eigenvalue weighted by Crippen LogP contribution is -2.44. The number of thioether (sulfide) groups is 1. The molecule has 0 aliphatic carbocycles. The summed E-state index contributed by atoms with van der Waals surface area (Å²) in [5.74, 6) is 1.73. The number of carbonyl (C=O) groups excluding carboxylic acids is 1. The molecule has 2 amide bonds. The highest BCUT2D eigenvalue weighted by molar-refractivity contribution is 7.99. The number of tetrazole rings is 1. The Morgan fingerprint density at radius 3 is 2.96 bits per heavy atom. The van der Waals surface area contributed by atoms with Crippen molar-refractivity contribution in [1.82, 2.24) is 40.6 Å². The monoisotopic (exact) mass is 338 g/mol. The molecule has 0 aromatic carbocycles. The number of nitrogens with one attached hydrogen (secondary N) is 1. The van der Waals surface area contributed by atoms with Crippen LogP contribution in [0.5, 0.6) is 0 Å². The molecule has 10 nitrogen and oxygen atoms in total. The Morgan fingerprint density at radius 2 is 2.30 bits per heavy atom. The van der Waals surface area contributed by atoms with Crippen LogP contribution >= 0.6 is 11.8 Å². The van der Waals surface area contributed by atoms with Crippen molar-refractivity contribution in [1.29, 1.82) is 0 Å². The molecule has 124 valence electrons. The number of piperidine rings is 1. The highest BCUT2D eigenvalue weighted by atomic mass is 32.2. The summed E-state index contributed by atoms with van der Waals surface area (Å²) in [6, 6.07) is -0.0340. The summed E-state index contributed by atoms with van der Waals surface area (Å²) < 4.78 is 6.38. The van der Waals surface area contributed by atoms with Gasteiger partial charge < -0.3 is 14.7 Å². The topological polar surface area (TPSA) is 115 Å². The molecule has 0 unspecified atom stereocenters. The van der Waals surface area contributed by atoms with Crippen molar-refractivity contribution in [3.63, 3.8) is 0 Å². The van der Waals surface area contributed by atoms with E-state index in [0.717, 1.165) is 29.6 Å². The van der Waals surface area contributed by atoms with E-state index in [0.29, 0.717) is 19.6 Å². The van der Waals surface area contributed by atoms with E-state index >= 15 is 0 Å². The average molecular weight is 338 g/mol. The first-order valence-corrected chi connectivity index (χ1v) is 8.37. The minimum Gasteiger partial charge on any atom is -0.343 e. The maximum Gasteiger partial charge on any atom is 0.317 e. The number of aryl methyl sites for hydroxylation is 1. The van der Waals surface area contributed by atoms with Crippen molar-refractivity contribution in [2.24, 2.45) is 7.05 Å². The smallest absolute Gasteiger partial charge is 0.317 e. The van der Waals surface area contributed by atoms with Gasteiger partial charge in [0.25, 0.3) is 0 Å². The highest BCUT2D eigenvalue weighted by Gasteiger charge is 2.25. The van der Waals surface area contributed by atoms with E-state index in [1.807, 2.05) is 4.90 Å². The molecule has 1 saturated heterocycles. The van der Waals surface area contributed by atoms with E-state index in [1.54, 1.807) is 11.7 Å². The first kappa shape index (κ1) is 15.7. The number of amides is 2. The lowest BCUT2D eigenvalue weighted by Gasteiger charge is -2.30. The third-order valence-corrected chi connectivity index (χ3v) is 4.73. The lowest BCUT2D eigenvalue weighted by molar-refractivity contribution is 0.180. The van der Waals surface area contributed by atoms with Crippen LogP contribution in [0.15, 0.2) is 16.1 Å². The van der Waals surface area contributed by atoms with Crippen LogP contribution in [-0.4, -0.2) is 66.7 Å². The molecule has 0 saturated carbocycles. The second-order valence-electron chi connectivity index (χ2n) is 5.22. The zero-order valence-corrected chi connectivity index (χ0v) is 13.6. The van der Waals surface area contributed by atoms with E-state index in [9.17, 15) is 4.79 Å². The molecule has 2 aromatic rings. The Labute approximate surface area is 137 Å². The third kappa shape index (κ3) is 3.97. The summed E-state index contributed by atoms with van der Waals surface area (Å²) >= 11 is 1.51. The molecule has 1 N–H and O–H groups in total. The average Bonchev–Trinajstić information content (AvgIpc) is 3.23. The Morgan fingerprint density at radius 1 is 1.48 bits per heavy atom. The predicted octanol–water partition coefficient (Wildman–Crippen LogP) is 0.274. The molecular formula is C12H18N8O2S. The molecule has 3 heterocycles. The normalized spacial score (nSPS) is 15.8. The fourth-order valence-corrected chi connectivity index (χ4v) is 3.16. The summed E-state index contributed by atoms with van der Waals surface area (Å²) in [5.41, 5.74) is 0. The molecule has 1 aliphatic rings. The maximum absolute atomic E-state index is 12.1. The van der Waals surface area contributed by atoms with Gasteiger partial charge in [-0.2, -0.15) is 4.98 Å². The number of aromatic nitrogens is 6. The fourth-order valence-electron chi connectivity index (χ4n) is 2.46. The standard InChI is InChI=1S/C12H18N8O2S/c1-19-12(15-17-18-19)23-7-4-13-11(21)20-5-2-9(3-6-20)10-14-8-22-16-10/h8-9H,2-7H2,1H3,(H,13,21). The molecule has 11 heteroatoms. The molecular weight excluding hydrogens is 320 g/mol. The van der Waals surface area contributed by atoms with Gasteiger partial charge in [0.05, 0.1) is 0 Å². The Hall–Kier alpha value is -2.17. The highest BCUT2D eigenvalue weighted by Crippen LogP contribution is 2.25. The first-order chi connectivity index (χ1) is 11.2. The third-order valence-electron chi connectivity index (χ3n) is 3.72. The molecule has 3 rings (SSSR count). The van der Waals surface area contributed by atoms with Crippen molar-refractivity contribution in [3.8, 4) is 0 Å². The molecule has 0 bridgehead atoms. The van der Waals surface area contributed by atoms with E-state index in [4.69, 9.17) is 4.52 Å². The summed E-state index contributed by atoms with van der Waals surface area (Å²) in [5, 5.41) is 18.7. The molecule has 0 atom stereocenters. The van der Waals surface area contributed by atoms with Crippen molar-refractivity contribution >= 4 is 17.8 Å². The van der Waals surface area contributed by atoms with Crippen molar-refractivity contribution in [2.75, 3.05) is 25.4 Å². The molecule has 1 fully saturated rings. The predicted molar refractivity (Wildman–Crippen MR) is 80.8 cm³/mol. The first-order valence-electron chi connectivity index (χ1n) is 7.38. The van der Waals surface area contributed by atoms with E-state index in [2.05, 4.69) is 31.0 Å². The van der Waals surface area contributed by atoms with Gasteiger partial charge in [0.2, 0.25) is 11.6 Å². The molecule has 0 radical (unpaired) electrons. The van der Waals surface area contributed by atoms with Crippen LogP contribution < -0.4 is 5.32 Å². The Balaban J connectivity index is 1.36. The molecule has 23 heavy (non-hydrogen) atoms. The van der Waals surface area contributed by atoms with Crippen molar-refractivity contribution in [3.05, 3.63) is 12.2 Å². The number of likely N-dealkylation sites (tertiary alicyclic amines) is 1. The zero-order valence-electron chi connectivity index (χ0n) is 12.8. The number of urea groups is 1. The van der Waals surface area contributed by atoms with Crippen molar-refractivity contribution in [2.45, 2.75) is 23.9 Å². The number of nitrogens with zero attached hydrogens (tertiary/aromatic N) is 7. The molecule has 1 aliphatic heterocycles. The van der Waals surface area contributed by atoms with E-state index in [-0.39, 0.29) is 11.9 Å². The van der Waals surface area contributed by atoms with Gasteiger partial charge in [-0.25, -0.2) is 9.48 Å². The molecule has 0 spiro atoms. The van der Waals surface area contributed by atoms with Crippen LogP contribution in [0.1, 0.15) is 24.6 Å². The van der Waals surface area contributed by atoms with E-state index < -0.39 is 0 Å². The minimum absolute atomic E-state index is 0.0340. The Kier molecular flexibility index (Phi) is 5.05. The number of hydrogen-bond donors (Lipinski definition) is 1. The molecule has 2 aromatic heterocycles. The van der Waals surface area contributed by atoms with Crippen LogP contribution in [0.2, 0.25) is 0 Å². The quantitative estimate of drug-likeness (QED) is 0.610. The SMILES string of the molecule is Cn1nnnc1SCCNC(=O)N1CCC(c2ncon2)CC1. The van der Waals surface area contributed by atoms with Crippen LogP contribution in [-0.2, 0) is 7.05 Å². The Bertz CT molecular complexity index is 623. The summed E-state index contributed by atoms with van der Waals surface area (Å²) in [6.45, 7) is 1.97. The van der Waals surface area contributed by atoms with Gasteiger partial charge >= 0.3 is 6.03 Å². The van der Waals surface area contributed by atoms with Gasteiger partial charge in [-0.15, -0.1) is 5.10 Å². The summed E-state index contributed by atoms with van der Waals surface area (Å²) in [4.78, 5) is 18.0. The van der Waals surface area contributed by atoms with Crippen LogP contribution in [0.25, 0.3) is 0 Å². The van der Waals surface area contributed by atoms with Crippen molar-refractivity contribution < 1.29 is 9.32 Å². The second-order valence-corrected chi connectivity index (χ2v) is 6.28. The van der Waals surface area contributed by atoms with Gasteiger partial charge in [0.15, 0.2) is 5.82 Å². The second kappa shape index (κ2) is 7.40. The van der Waals surface area contributed by atoms with Gasteiger partial charge in [-0.3, -0.25) is 0 Å². The maximum atomic E-state index is 12.1. The summed E-state index contributed by atoms with van der Waals surface area (Å²) in [6.07, 6.45) is 3.05. The van der Waals surface area contributed by atoms with Gasteiger partial charge in [-0.1, -0.05) is 16.9 Å². The van der Waals surface area contributed by atoms with Gasteiger partial charge in [0, 0.05) is 38.4 Å². The summed E-state index contributed by atoms with van der Waals surface area (Å²) in [7, 11) is 1.79. The largest absolute Gasteiger partial charge is 0.343 e. The number of carbonyl (C=O) groups is 1. The number of hydrogen-bond acceptors (Lipinski definition) is 8. The van der Waals surface area contributed by atoms with Crippen LogP contribution in [0.4, 0.5) is 4.79 Å². The zero-order chi connectivity index (χ0) is 16.1. The van der Waals surface area contributed by atoms with Crippen LogP contribution in [0.3, 0.4) is 0 Å². The van der Waals surface area contributed by atoms with Crippen LogP contribution in [0, 0.1) is 0 Å². The number of rotatable bonds is 5. The van der Waals surface area contributed by atoms with Gasteiger partial charge in [-0.05, 0) is 23.3 Å². The van der Waals surface area contributed by atoms with Gasteiger partial charge in [0.1, 0.15) is 0 Å². The van der Waals surface area contributed by atoms with E-state index in [1.165, 1.54) is 18.2 Å². The fraction of sp³-hybridized carbons (Fsp3) is 0.667.